The molecule has 2 rings (SSSR count). The highest BCUT2D eigenvalue weighted by Gasteiger charge is 1.88. The summed E-state index contributed by atoms with van der Waals surface area (Å²) in [6.45, 7) is 0. The summed E-state index contributed by atoms with van der Waals surface area (Å²) in [6, 6.07) is 1.81. The third kappa shape index (κ3) is 0.733. The lowest BCUT2D eigenvalue weighted by Crippen LogP contribution is -1.83. The second kappa shape index (κ2) is 1.91. The summed E-state index contributed by atoms with van der Waals surface area (Å²) in [6.07, 6.45) is 5.41. The van der Waals surface area contributed by atoms with Crippen LogP contribution in [0, 0.1) is 4.64 Å². The Bertz CT molecular complexity index is 400. The number of rotatable bonds is 0. The molecule has 50 valence electrons. The van der Waals surface area contributed by atoms with Gasteiger partial charge in [-0.05, 0) is 0 Å². The van der Waals surface area contributed by atoms with E-state index >= 15 is 0 Å². The maximum absolute atomic E-state index is 4.86. The summed E-state index contributed by atoms with van der Waals surface area (Å²) in [5.41, 5.74) is 0.972. The predicted molar refractivity (Wildman–Crippen MR) is 40.4 cm³/mol. The molecule has 0 aromatic carbocycles. The van der Waals surface area contributed by atoms with Crippen LogP contribution in [0.4, 0.5) is 0 Å². The second-order valence-electron chi connectivity index (χ2n) is 1.98. The number of nitrogens with zero attached hydrogens (tertiary/aromatic N) is 2. The molecule has 0 bridgehead atoms. The van der Waals surface area contributed by atoms with Gasteiger partial charge in [0.05, 0.1) is 0 Å². The Hall–Kier alpha value is -1.16. The Morgan fingerprint density at radius 2 is 2.50 bits per heavy atom. The van der Waals surface area contributed by atoms with Gasteiger partial charge in [0.2, 0.25) is 0 Å². The number of nitrogens with one attached hydrogen (secondary N) is 1. The minimum atomic E-state index is 0.613. The Labute approximate surface area is 62.3 Å². The summed E-state index contributed by atoms with van der Waals surface area (Å²) < 4.78 is 2.48. The molecule has 1 N–H and O–H groups in total. The fraction of sp³-hybridized carbons (Fsp3) is 0. The van der Waals surface area contributed by atoms with Gasteiger partial charge in [-0.2, -0.15) is 0 Å². The largest absolute Gasteiger partial charge is 0.346 e. The quantitative estimate of drug-likeness (QED) is 0.577. The van der Waals surface area contributed by atoms with Crippen LogP contribution >= 0.6 is 12.2 Å². The van der Waals surface area contributed by atoms with Crippen LogP contribution in [0.15, 0.2) is 24.8 Å². The van der Waals surface area contributed by atoms with Gasteiger partial charge in [0.15, 0.2) is 0 Å². The Balaban J connectivity index is 2.99. The molecule has 0 fully saturated rings. The van der Waals surface area contributed by atoms with E-state index in [2.05, 4.69) is 9.97 Å². The number of fused-ring (bicyclic) bond motifs is 1. The predicted octanol–water partition coefficient (Wildman–Crippen LogP) is 1.39. The van der Waals surface area contributed by atoms with Gasteiger partial charge in [-0.25, -0.2) is 4.98 Å². The summed E-state index contributed by atoms with van der Waals surface area (Å²) >= 11 is 4.86. The van der Waals surface area contributed by atoms with Gasteiger partial charge in [0.1, 0.15) is 16.6 Å². The number of imidazole rings is 1. The van der Waals surface area contributed by atoms with Crippen molar-refractivity contribution >= 4 is 17.9 Å². The van der Waals surface area contributed by atoms with Gasteiger partial charge in [-0.3, -0.25) is 4.40 Å². The van der Waals surface area contributed by atoms with Crippen molar-refractivity contribution in [2.24, 2.45) is 0 Å². The standard InChI is InChI=1S/C6H5N3S/c10-6-3-5-7-1-2-9(5)4-8-6/h1-4,7H. The van der Waals surface area contributed by atoms with E-state index in [0.717, 1.165) is 5.65 Å². The smallest absolute Gasteiger partial charge is 0.131 e. The van der Waals surface area contributed by atoms with Crippen molar-refractivity contribution in [2.75, 3.05) is 0 Å². The van der Waals surface area contributed by atoms with E-state index in [4.69, 9.17) is 12.2 Å². The van der Waals surface area contributed by atoms with Gasteiger partial charge in [-0.15, -0.1) is 0 Å². The molecular weight excluding hydrogens is 146 g/mol. The summed E-state index contributed by atoms with van der Waals surface area (Å²) in [4.78, 5) is 6.95. The Kier molecular flexibility index (Phi) is 1.07. The van der Waals surface area contributed by atoms with Crippen LogP contribution in [-0.2, 0) is 0 Å². The monoisotopic (exact) mass is 151 g/mol. The molecule has 0 saturated carbocycles. The van der Waals surface area contributed by atoms with Crippen LogP contribution in [0.5, 0.6) is 0 Å². The van der Waals surface area contributed by atoms with E-state index in [0.29, 0.717) is 4.64 Å². The first-order valence-electron chi connectivity index (χ1n) is 2.88. The maximum Gasteiger partial charge on any atom is 0.131 e. The van der Waals surface area contributed by atoms with Crippen LogP contribution in [0.3, 0.4) is 0 Å². The van der Waals surface area contributed by atoms with Gasteiger partial charge >= 0.3 is 0 Å². The zero-order valence-electron chi connectivity index (χ0n) is 5.11. The van der Waals surface area contributed by atoms with Crippen LogP contribution in [-0.4, -0.2) is 14.4 Å². The lowest BCUT2D eigenvalue weighted by atomic mass is 10.6. The third-order valence-corrected chi connectivity index (χ3v) is 1.54. The van der Waals surface area contributed by atoms with Crippen molar-refractivity contribution in [1.82, 2.24) is 14.4 Å². The molecule has 10 heavy (non-hydrogen) atoms. The molecule has 0 saturated heterocycles. The molecule has 0 amide bonds. The van der Waals surface area contributed by atoms with Gasteiger partial charge in [0.25, 0.3) is 0 Å². The highest BCUT2D eigenvalue weighted by Crippen LogP contribution is 1.96. The molecule has 3 nitrogen and oxygen atoms in total. The number of hydrogen-bond donors (Lipinski definition) is 1. The first kappa shape index (κ1) is 5.61. The SMILES string of the molecule is S=c1cc2[nH]ccn2cn1. The molecule has 0 unspecified atom stereocenters. The Morgan fingerprint density at radius 1 is 1.60 bits per heavy atom. The molecule has 2 aromatic heterocycles. The molecule has 4 heteroatoms. The molecule has 0 aliphatic carbocycles. The minimum Gasteiger partial charge on any atom is -0.346 e. The van der Waals surface area contributed by atoms with E-state index in [-0.39, 0.29) is 0 Å². The van der Waals surface area contributed by atoms with E-state index < -0.39 is 0 Å². The molecular formula is C6H5N3S. The third-order valence-electron chi connectivity index (χ3n) is 1.31. The van der Waals surface area contributed by atoms with Crippen LogP contribution in [0.1, 0.15) is 0 Å². The lowest BCUT2D eigenvalue weighted by Gasteiger charge is -1.88. The first-order chi connectivity index (χ1) is 4.86. The summed E-state index contributed by atoms with van der Waals surface area (Å²) in [5.74, 6) is 0. The Morgan fingerprint density at radius 3 is 3.40 bits per heavy atom. The lowest BCUT2D eigenvalue weighted by molar-refractivity contribution is 1.08. The number of H-pyrrole nitrogens is 1. The first-order valence-corrected chi connectivity index (χ1v) is 3.28. The summed E-state index contributed by atoms with van der Waals surface area (Å²) in [5, 5.41) is 0. The van der Waals surface area contributed by atoms with E-state index in [1.807, 2.05) is 22.9 Å². The number of hydrogen-bond acceptors (Lipinski definition) is 2. The van der Waals surface area contributed by atoms with Crippen LogP contribution < -0.4 is 0 Å². The minimum absolute atomic E-state index is 0.613. The average Bonchev–Trinajstić information content (AvgIpc) is 2.33. The zero-order chi connectivity index (χ0) is 6.97. The molecule has 2 aromatic rings. The van der Waals surface area contributed by atoms with Crippen molar-refractivity contribution in [3.63, 3.8) is 0 Å². The molecule has 2 heterocycles. The van der Waals surface area contributed by atoms with Crippen molar-refractivity contribution in [1.29, 1.82) is 0 Å². The number of aromatic nitrogens is 3. The zero-order valence-corrected chi connectivity index (χ0v) is 5.93. The highest BCUT2D eigenvalue weighted by molar-refractivity contribution is 7.71. The maximum atomic E-state index is 4.86. The molecule has 0 atom stereocenters. The summed E-state index contributed by atoms with van der Waals surface area (Å²) in [7, 11) is 0. The van der Waals surface area contributed by atoms with Gasteiger partial charge < -0.3 is 4.98 Å². The van der Waals surface area contributed by atoms with E-state index in [1.54, 1.807) is 6.33 Å². The average molecular weight is 151 g/mol. The fourth-order valence-electron chi connectivity index (χ4n) is 0.848. The van der Waals surface area contributed by atoms with E-state index in [9.17, 15) is 0 Å². The van der Waals surface area contributed by atoms with E-state index in [1.165, 1.54) is 0 Å². The van der Waals surface area contributed by atoms with Gasteiger partial charge in [-0.1, -0.05) is 12.2 Å². The number of aromatic amines is 1. The van der Waals surface area contributed by atoms with Crippen molar-refractivity contribution in [2.45, 2.75) is 0 Å². The van der Waals surface area contributed by atoms with Crippen LogP contribution in [0.25, 0.3) is 5.65 Å². The van der Waals surface area contributed by atoms with Gasteiger partial charge in [0, 0.05) is 18.5 Å². The fourth-order valence-corrected chi connectivity index (χ4v) is 1.01. The topological polar surface area (TPSA) is 33.1 Å². The molecule has 0 radical (unpaired) electrons. The van der Waals surface area contributed by atoms with Crippen molar-refractivity contribution < 1.29 is 0 Å². The molecule has 0 aliphatic heterocycles. The molecule has 0 spiro atoms. The van der Waals surface area contributed by atoms with Crippen LogP contribution in [0.2, 0.25) is 0 Å². The normalized spacial score (nSPS) is 10.4. The second-order valence-corrected chi connectivity index (χ2v) is 2.40. The van der Waals surface area contributed by atoms with Crippen molar-refractivity contribution in [3.05, 3.63) is 29.4 Å². The highest BCUT2D eigenvalue weighted by atomic mass is 32.1. The van der Waals surface area contributed by atoms with Crippen molar-refractivity contribution in [3.8, 4) is 0 Å². The molecule has 0 aliphatic rings.